The van der Waals surface area contributed by atoms with Gasteiger partial charge >= 0.3 is 6.09 Å². The molecule has 0 radical (unpaired) electrons. The molecule has 1 atom stereocenters. The van der Waals surface area contributed by atoms with Gasteiger partial charge in [0.2, 0.25) is 0 Å². The van der Waals surface area contributed by atoms with Gasteiger partial charge in [-0.15, -0.1) is 10.2 Å². The average molecular weight is 536 g/mol. The van der Waals surface area contributed by atoms with Crippen molar-refractivity contribution in [3.63, 3.8) is 0 Å². The molecule has 1 aliphatic heterocycles. The lowest BCUT2D eigenvalue weighted by Crippen LogP contribution is -2.49. The maximum absolute atomic E-state index is 14.9. The zero-order valence-corrected chi connectivity index (χ0v) is 22.1. The lowest BCUT2D eigenvalue weighted by Gasteiger charge is -2.30. The molecule has 0 spiro atoms. The molecule has 9 nitrogen and oxygen atoms in total. The molecule has 2 aromatic heterocycles. The Labute approximate surface area is 217 Å². The summed E-state index contributed by atoms with van der Waals surface area (Å²) in [5.41, 5.74) is 0.240. The summed E-state index contributed by atoms with van der Waals surface area (Å²) in [6, 6.07) is 6.08. The molecule has 1 fully saturated rings. The summed E-state index contributed by atoms with van der Waals surface area (Å²) >= 11 is 7.74. The number of carboxylic acid groups (broad SMARTS) is 1. The molecule has 3 heterocycles. The number of halogens is 2. The maximum Gasteiger partial charge on any atom is 0.410 e. The van der Waals surface area contributed by atoms with Crippen LogP contribution in [0.4, 0.5) is 15.0 Å². The van der Waals surface area contributed by atoms with Crippen LogP contribution in [0.25, 0.3) is 21.1 Å². The highest BCUT2D eigenvalue weighted by Crippen LogP contribution is 2.38. The second kappa shape index (κ2) is 10.2. The Hall–Kier alpha value is -3.02. The average Bonchev–Trinajstić information content (AvgIpc) is 3.43. The molecule has 192 valence electrons. The van der Waals surface area contributed by atoms with E-state index in [1.165, 1.54) is 23.5 Å². The van der Waals surface area contributed by atoms with Crippen LogP contribution in [0.1, 0.15) is 27.7 Å². The molecule has 3 aromatic rings. The third-order valence-corrected chi connectivity index (χ3v) is 7.34. The molecule has 36 heavy (non-hydrogen) atoms. The van der Waals surface area contributed by atoms with Crippen LogP contribution >= 0.6 is 22.9 Å². The third-order valence-electron chi connectivity index (χ3n) is 6.02. The normalized spacial score (nSPS) is 17.0. The molecule has 1 N–H and O–H groups in total. The summed E-state index contributed by atoms with van der Waals surface area (Å²) < 4.78 is 26.1. The zero-order valence-electron chi connectivity index (χ0n) is 20.5. The number of amides is 1. The van der Waals surface area contributed by atoms with Gasteiger partial charge in [-0.05, 0) is 45.9 Å². The minimum absolute atomic E-state index is 0.0829. The van der Waals surface area contributed by atoms with Crippen LogP contribution in [0.3, 0.4) is 0 Å². The highest BCUT2D eigenvalue weighted by Gasteiger charge is 2.44. The molecule has 1 unspecified atom stereocenters. The van der Waals surface area contributed by atoms with Crippen LogP contribution in [0.2, 0.25) is 5.02 Å². The monoisotopic (exact) mass is 535 g/mol. The van der Waals surface area contributed by atoms with Crippen molar-refractivity contribution in [2.24, 2.45) is 0 Å². The van der Waals surface area contributed by atoms with E-state index in [1.54, 1.807) is 20.0 Å². The van der Waals surface area contributed by atoms with Gasteiger partial charge in [0.1, 0.15) is 28.2 Å². The van der Waals surface area contributed by atoms with Crippen LogP contribution in [0.5, 0.6) is 5.75 Å². The van der Waals surface area contributed by atoms with Crippen molar-refractivity contribution < 1.29 is 23.8 Å². The van der Waals surface area contributed by atoms with Crippen molar-refractivity contribution >= 4 is 34.8 Å². The predicted molar refractivity (Wildman–Crippen MR) is 136 cm³/mol. The number of hydrogen-bond acceptors (Lipinski definition) is 8. The SMILES string of the molecule is CC(C)N(C)c1cc(-c2nnc(-c3cc(F)c(OCC4COC(C)(C)N4C(=O)O)cc3Cl)s2)ccn1. The van der Waals surface area contributed by atoms with Crippen molar-refractivity contribution in [2.75, 3.05) is 25.2 Å². The Bertz CT molecular complexity index is 1270. The van der Waals surface area contributed by atoms with Crippen molar-refractivity contribution in [3.05, 3.63) is 41.3 Å². The van der Waals surface area contributed by atoms with Gasteiger partial charge in [-0.1, -0.05) is 22.9 Å². The van der Waals surface area contributed by atoms with Crippen LogP contribution in [0.15, 0.2) is 30.5 Å². The van der Waals surface area contributed by atoms with Crippen molar-refractivity contribution in [1.82, 2.24) is 20.1 Å². The van der Waals surface area contributed by atoms with Crippen LogP contribution < -0.4 is 9.64 Å². The van der Waals surface area contributed by atoms with Crippen molar-refractivity contribution in [3.8, 4) is 26.9 Å². The summed E-state index contributed by atoms with van der Waals surface area (Å²) in [6.07, 6.45) is 0.579. The maximum atomic E-state index is 14.9. The van der Waals surface area contributed by atoms with E-state index in [0.29, 0.717) is 15.6 Å². The molecule has 1 aliphatic rings. The molecule has 0 bridgehead atoms. The Balaban J connectivity index is 1.52. The number of ether oxygens (including phenoxy) is 2. The minimum atomic E-state index is -1.14. The zero-order chi connectivity index (χ0) is 26.2. The number of hydrogen-bond donors (Lipinski definition) is 1. The second-order valence-corrected chi connectivity index (χ2v) is 10.5. The van der Waals surface area contributed by atoms with Gasteiger partial charge < -0.3 is 19.5 Å². The first-order valence-corrected chi connectivity index (χ1v) is 12.5. The number of anilines is 1. The molecule has 4 rings (SSSR count). The number of pyridine rings is 1. The van der Waals surface area contributed by atoms with E-state index < -0.39 is 23.7 Å². The quantitative estimate of drug-likeness (QED) is 0.429. The summed E-state index contributed by atoms with van der Waals surface area (Å²) in [5, 5.41) is 19.3. The second-order valence-electron chi connectivity index (χ2n) is 9.16. The Morgan fingerprint density at radius 1 is 1.36 bits per heavy atom. The lowest BCUT2D eigenvalue weighted by molar-refractivity contribution is -0.0430. The number of carbonyl (C=O) groups is 1. The smallest absolute Gasteiger partial charge is 0.410 e. The highest BCUT2D eigenvalue weighted by atomic mass is 35.5. The Morgan fingerprint density at radius 2 is 2.08 bits per heavy atom. The fourth-order valence-corrected chi connectivity index (χ4v) is 5.01. The molecule has 1 amide bonds. The fraction of sp³-hybridized carbons (Fsp3) is 0.417. The van der Waals surface area contributed by atoms with E-state index in [4.69, 9.17) is 21.1 Å². The topological polar surface area (TPSA) is 101 Å². The summed E-state index contributed by atoms with van der Waals surface area (Å²) in [5.74, 6) is 0.0809. The molecular weight excluding hydrogens is 509 g/mol. The third kappa shape index (κ3) is 5.23. The number of benzene rings is 1. The first kappa shape index (κ1) is 26.1. The molecule has 1 saturated heterocycles. The molecule has 0 aliphatic carbocycles. The summed E-state index contributed by atoms with van der Waals surface area (Å²) in [6.45, 7) is 7.51. The van der Waals surface area contributed by atoms with E-state index in [-0.39, 0.29) is 30.0 Å². The molecular formula is C24H27ClFN5O4S. The van der Waals surface area contributed by atoms with E-state index >= 15 is 0 Å². The number of rotatable bonds is 7. The van der Waals surface area contributed by atoms with Crippen molar-refractivity contribution in [1.29, 1.82) is 0 Å². The standard InChI is InChI=1S/C24H27ClFN5O4S/c1-13(2)30(5)20-8-14(6-7-27-20)21-28-29-22(36-21)16-9-18(26)19(10-17(16)25)34-11-15-12-35-24(3,4)31(15)23(32)33/h6-10,13,15H,11-12H2,1-5H3,(H,32,33). The van der Waals surface area contributed by atoms with Gasteiger partial charge in [0.25, 0.3) is 0 Å². The first-order valence-electron chi connectivity index (χ1n) is 11.3. The van der Waals surface area contributed by atoms with Crippen molar-refractivity contribution in [2.45, 2.75) is 45.5 Å². The van der Waals surface area contributed by atoms with Crippen LogP contribution in [-0.2, 0) is 4.74 Å². The first-order chi connectivity index (χ1) is 17.0. The van der Waals surface area contributed by atoms with Gasteiger partial charge in [-0.25, -0.2) is 14.2 Å². The number of aromatic nitrogens is 3. The molecule has 0 saturated carbocycles. The van der Waals surface area contributed by atoms with Crippen LogP contribution in [-0.4, -0.2) is 69.4 Å². The molecule has 12 heteroatoms. The largest absolute Gasteiger partial charge is 0.488 e. The minimum Gasteiger partial charge on any atom is -0.488 e. The Morgan fingerprint density at radius 3 is 2.78 bits per heavy atom. The number of nitrogens with zero attached hydrogens (tertiary/aromatic N) is 5. The summed E-state index contributed by atoms with van der Waals surface area (Å²) in [7, 11) is 1.97. The van der Waals surface area contributed by atoms with E-state index in [9.17, 15) is 14.3 Å². The van der Waals surface area contributed by atoms with Gasteiger partial charge in [-0.2, -0.15) is 0 Å². The highest BCUT2D eigenvalue weighted by molar-refractivity contribution is 7.18. The van der Waals surface area contributed by atoms with Crippen LogP contribution in [0, 0.1) is 5.82 Å². The Kier molecular flexibility index (Phi) is 7.35. The summed E-state index contributed by atoms with van der Waals surface area (Å²) in [4.78, 5) is 19.2. The van der Waals surface area contributed by atoms with E-state index in [2.05, 4.69) is 29.0 Å². The van der Waals surface area contributed by atoms with Gasteiger partial charge in [-0.3, -0.25) is 4.90 Å². The van der Waals surface area contributed by atoms with Gasteiger partial charge in [0.05, 0.1) is 17.7 Å². The van der Waals surface area contributed by atoms with E-state index in [0.717, 1.165) is 16.3 Å². The lowest BCUT2D eigenvalue weighted by atomic mass is 10.2. The van der Waals surface area contributed by atoms with E-state index in [1.807, 2.05) is 24.1 Å². The van der Waals surface area contributed by atoms with Gasteiger partial charge in [0.15, 0.2) is 11.6 Å². The molecule has 1 aromatic carbocycles. The fourth-order valence-electron chi connectivity index (χ4n) is 3.84. The predicted octanol–water partition coefficient (Wildman–Crippen LogP) is 5.40. The van der Waals surface area contributed by atoms with Gasteiger partial charge in [0, 0.05) is 36.5 Å².